The van der Waals surface area contributed by atoms with Gasteiger partial charge in [-0.15, -0.1) is 0 Å². The zero-order chi connectivity index (χ0) is 10.3. The van der Waals surface area contributed by atoms with E-state index in [9.17, 15) is 8.42 Å². The zero-order valence-corrected chi connectivity index (χ0v) is 9.10. The van der Waals surface area contributed by atoms with Gasteiger partial charge in [0.2, 0.25) is 0 Å². The van der Waals surface area contributed by atoms with E-state index < -0.39 is 15.2 Å². The van der Waals surface area contributed by atoms with Crippen molar-refractivity contribution in [1.82, 2.24) is 5.32 Å². The molecule has 0 aromatic carbocycles. The molecular formula is C8H19NO3S. The van der Waals surface area contributed by atoms with Crippen LogP contribution in [0.25, 0.3) is 0 Å². The largest absolute Gasteiger partial charge is 0.395 e. The molecule has 4 nitrogen and oxygen atoms in total. The number of rotatable bonds is 7. The summed E-state index contributed by atoms with van der Waals surface area (Å²) in [5.41, 5.74) is 0. The molecule has 80 valence electrons. The average molecular weight is 209 g/mol. The zero-order valence-electron chi connectivity index (χ0n) is 8.28. The maximum absolute atomic E-state index is 11.3. The Bertz CT molecular complexity index is 213. The van der Waals surface area contributed by atoms with Crippen LogP contribution in [-0.2, 0) is 9.84 Å². The average Bonchev–Trinajstić information content (AvgIpc) is 2.04. The summed E-state index contributed by atoms with van der Waals surface area (Å²) in [6.07, 6.45) is 2.01. The number of hydrogen-bond acceptors (Lipinski definition) is 4. The number of sulfone groups is 1. The molecule has 0 saturated carbocycles. The molecule has 5 heteroatoms. The summed E-state index contributed by atoms with van der Waals surface area (Å²) >= 11 is 0. The van der Waals surface area contributed by atoms with E-state index in [-0.39, 0.29) is 12.4 Å². The van der Waals surface area contributed by atoms with Gasteiger partial charge in [-0.1, -0.05) is 13.3 Å². The number of hydrogen-bond donors (Lipinski definition) is 2. The molecule has 0 aromatic heterocycles. The van der Waals surface area contributed by atoms with Gasteiger partial charge in [-0.25, -0.2) is 8.42 Å². The van der Waals surface area contributed by atoms with Crippen molar-refractivity contribution in [3.63, 3.8) is 0 Å². The van der Waals surface area contributed by atoms with Crippen LogP contribution in [0.2, 0.25) is 0 Å². The van der Waals surface area contributed by atoms with Crippen molar-refractivity contribution in [2.45, 2.75) is 32.1 Å². The van der Waals surface area contributed by atoms with Crippen molar-refractivity contribution >= 4 is 9.84 Å². The lowest BCUT2D eigenvalue weighted by atomic mass is 10.3. The fourth-order valence-corrected chi connectivity index (χ4v) is 1.89. The van der Waals surface area contributed by atoms with E-state index in [1.807, 2.05) is 0 Å². The van der Waals surface area contributed by atoms with Gasteiger partial charge in [0.15, 0.2) is 9.84 Å². The van der Waals surface area contributed by atoms with Crippen LogP contribution >= 0.6 is 0 Å². The third-order valence-corrected chi connectivity index (χ3v) is 3.87. The Balaban J connectivity index is 3.87. The Morgan fingerprint density at radius 3 is 2.54 bits per heavy atom. The van der Waals surface area contributed by atoms with E-state index in [1.54, 1.807) is 6.92 Å². The molecule has 0 rings (SSSR count). The molecule has 0 fully saturated rings. The molecule has 0 bridgehead atoms. The van der Waals surface area contributed by atoms with Gasteiger partial charge in [-0.3, -0.25) is 0 Å². The van der Waals surface area contributed by atoms with Crippen LogP contribution in [0.4, 0.5) is 0 Å². The van der Waals surface area contributed by atoms with Gasteiger partial charge in [0.25, 0.3) is 0 Å². The van der Waals surface area contributed by atoms with E-state index >= 15 is 0 Å². The van der Waals surface area contributed by atoms with E-state index in [4.69, 9.17) is 5.11 Å². The van der Waals surface area contributed by atoms with Crippen molar-refractivity contribution in [3.8, 4) is 0 Å². The van der Waals surface area contributed by atoms with Gasteiger partial charge in [-0.05, 0) is 19.9 Å². The minimum absolute atomic E-state index is 0.159. The molecule has 0 aromatic rings. The first-order valence-electron chi connectivity index (χ1n) is 4.60. The van der Waals surface area contributed by atoms with Gasteiger partial charge in [0, 0.05) is 0 Å². The second-order valence-corrected chi connectivity index (χ2v) is 5.48. The number of nitrogens with one attached hydrogen (secondary N) is 1. The molecule has 0 heterocycles. The topological polar surface area (TPSA) is 66.4 Å². The Morgan fingerprint density at radius 2 is 2.08 bits per heavy atom. The lowest BCUT2D eigenvalue weighted by Gasteiger charge is -2.13. The van der Waals surface area contributed by atoms with Crippen molar-refractivity contribution in [2.75, 3.05) is 18.9 Å². The Morgan fingerprint density at radius 1 is 1.46 bits per heavy atom. The Labute approximate surface area is 80.3 Å². The second kappa shape index (κ2) is 6.34. The molecule has 0 amide bonds. The highest BCUT2D eigenvalue weighted by Gasteiger charge is 2.18. The third-order valence-electron chi connectivity index (χ3n) is 1.88. The first-order valence-corrected chi connectivity index (χ1v) is 6.32. The van der Waals surface area contributed by atoms with Crippen molar-refractivity contribution < 1.29 is 13.5 Å². The molecule has 0 aliphatic heterocycles. The fraction of sp³-hybridized carbons (Fsp3) is 1.00. The molecule has 1 unspecified atom stereocenters. The molecule has 13 heavy (non-hydrogen) atoms. The monoisotopic (exact) mass is 209 g/mol. The predicted molar refractivity (Wildman–Crippen MR) is 53.2 cm³/mol. The van der Waals surface area contributed by atoms with E-state index in [0.29, 0.717) is 6.54 Å². The summed E-state index contributed by atoms with van der Waals surface area (Å²) in [5, 5.41) is 10.9. The van der Waals surface area contributed by atoms with Gasteiger partial charge < -0.3 is 10.4 Å². The third kappa shape index (κ3) is 5.23. The normalized spacial score (nSPS) is 14.4. The summed E-state index contributed by atoms with van der Waals surface area (Å²) in [6, 6.07) is 0. The van der Waals surface area contributed by atoms with Crippen LogP contribution in [0, 0.1) is 0 Å². The molecule has 0 aliphatic rings. The summed E-state index contributed by atoms with van der Waals surface area (Å²) in [7, 11) is -3.15. The van der Waals surface area contributed by atoms with Gasteiger partial charge in [0.1, 0.15) is 5.37 Å². The quantitative estimate of drug-likeness (QED) is 0.585. The predicted octanol–water partition coefficient (Wildman–Crippen LogP) is 0.129. The second-order valence-electron chi connectivity index (χ2n) is 3.04. The van der Waals surface area contributed by atoms with Crippen LogP contribution in [0.3, 0.4) is 0 Å². The van der Waals surface area contributed by atoms with Crippen LogP contribution in [0.5, 0.6) is 0 Å². The highest BCUT2D eigenvalue weighted by molar-refractivity contribution is 7.91. The standard InChI is InChI=1S/C8H19NO3S/c1-3-4-5-9-8(2)13(11,12)7-6-10/h8-10H,3-7H2,1-2H3. The fourth-order valence-electron chi connectivity index (χ4n) is 0.913. The van der Waals surface area contributed by atoms with E-state index in [1.165, 1.54) is 0 Å². The van der Waals surface area contributed by atoms with Crippen LogP contribution in [-0.4, -0.2) is 37.8 Å². The van der Waals surface area contributed by atoms with Crippen LogP contribution in [0.15, 0.2) is 0 Å². The minimum atomic E-state index is -3.15. The lowest BCUT2D eigenvalue weighted by Crippen LogP contribution is -2.36. The molecule has 1 atom stereocenters. The highest BCUT2D eigenvalue weighted by Crippen LogP contribution is 1.98. The molecule has 0 saturated heterocycles. The molecular weight excluding hydrogens is 190 g/mol. The first-order chi connectivity index (χ1) is 6.04. The smallest absolute Gasteiger partial charge is 0.168 e. The summed E-state index contributed by atoms with van der Waals surface area (Å²) in [6.45, 7) is 4.07. The van der Waals surface area contributed by atoms with Gasteiger partial charge in [-0.2, -0.15) is 0 Å². The lowest BCUT2D eigenvalue weighted by molar-refractivity contribution is 0.319. The van der Waals surface area contributed by atoms with E-state index in [2.05, 4.69) is 12.2 Å². The van der Waals surface area contributed by atoms with Gasteiger partial charge in [0.05, 0.1) is 12.4 Å². The van der Waals surface area contributed by atoms with E-state index in [0.717, 1.165) is 12.8 Å². The number of unbranched alkanes of at least 4 members (excludes halogenated alkanes) is 1. The summed E-state index contributed by atoms with van der Waals surface area (Å²) in [5.74, 6) is -0.159. The first kappa shape index (κ1) is 12.9. The van der Waals surface area contributed by atoms with Gasteiger partial charge >= 0.3 is 0 Å². The van der Waals surface area contributed by atoms with Crippen molar-refractivity contribution in [1.29, 1.82) is 0 Å². The van der Waals surface area contributed by atoms with Crippen molar-refractivity contribution in [3.05, 3.63) is 0 Å². The molecule has 2 N–H and O–H groups in total. The maximum atomic E-state index is 11.3. The maximum Gasteiger partial charge on any atom is 0.168 e. The summed E-state index contributed by atoms with van der Waals surface area (Å²) in [4.78, 5) is 0. The highest BCUT2D eigenvalue weighted by atomic mass is 32.2. The van der Waals surface area contributed by atoms with Crippen LogP contribution in [0.1, 0.15) is 26.7 Å². The minimum Gasteiger partial charge on any atom is -0.395 e. The Hall–Kier alpha value is -0.130. The molecule has 0 spiro atoms. The number of aliphatic hydroxyl groups is 1. The molecule has 0 radical (unpaired) electrons. The number of aliphatic hydroxyl groups excluding tert-OH is 1. The SMILES string of the molecule is CCCCNC(C)S(=O)(=O)CCO. The van der Waals surface area contributed by atoms with Crippen LogP contribution < -0.4 is 5.32 Å². The Kier molecular flexibility index (Phi) is 6.28. The summed E-state index contributed by atoms with van der Waals surface area (Å²) < 4.78 is 22.6. The molecule has 0 aliphatic carbocycles. The van der Waals surface area contributed by atoms with Crippen molar-refractivity contribution in [2.24, 2.45) is 0 Å².